The number of halogens is 1. The van der Waals surface area contributed by atoms with Crippen LogP contribution in [0.15, 0.2) is 66.7 Å². The van der Waals surface area contributed by atoms with Crippen LogP contribution in [0.1, 0.15) is 29.9 Å². The smallest absolute Gasteiger partial charge is 0.407 e. The van der Waals surface area contributed by atoms with Gasteiger partial charge < -0.3 is 43.9 Å². The van der Waals surface area contributed by atoms with E-state index in [0.717, 1.165) is 60.7 Å². The molecule has 0 spiro atoms. The van der Waals surface area contributed by atoms with Crippen LogP contribution in [0.25, 0.3) is 0 Å². The molecule has 0 aromatic heterocycles. The number of aliphatic hydroxyl groups is 1. The summed E-state index contributed by atoms with van der Waals surface area (Å²) in [7, 11) is 1.70. The summed E-state index contributed by atoms with van der Waals surface area (Å²) in [5.41, 5.74) is 3.64. The number of aliphatic hydroxyl groups excluding tert-OH is 1. The molecule has 0 bridgehead atoms. The van der Waals surface area contributed by atoms with Crippen LogP contribution in [0.5, 0.6) is 11.5 Å². The third-order valence-corrected chi connectivity index (χ3v) is 9.00. The maximum absolute atomic E-state index is 13.7. The van der Waals surface area contributed by atoms with Crippen LogP contribution >= 0.6 is 0 Å². The van der Waals surface area contributed by atoms with Gasteiger partial charge in [-0.3, -0.25) is 0 Å². The first-order chi connectivity index (χ1) is 22.4. The number of anilines is 2. The second-order valence-electron chi connectivity index (χ2n) is 12.1. The van der Waals surface area contributed by atoms with Gasteiger partial charge in [-0.05, 0) is 60.0 Å². The third kappa shape index (κ3) is 7.49. The molecule has 4 atom stereocenters. The molecule has 3 aliphatic rings. The van der Waals surface area contributed by atoms with Crippen LogP contribution in [0.3, 0.4) is 0 Å². The van der Waals surface area contributed by atoms with E-state index < -0.39 is 24.2 Å². The molecule has 46 heavy (non-hydrogen) atoms. The Labute approximate surface area is 268 Å². The molecule has 0 aliphatic carbocycles. The van der Waals surface area contributed by atoms with E-state index in [4.69, 9.17) is 18.9 Å². The molecule has 1 unspecified atom stereocenters. The summed E-state index contributed by atoms with van der Waals surface area (Å²) >= 11 is 0. The predicted molar refractivity (Wildman–Crippen MR) is 172 cm³/mol. The van der Waals surface area contributed by atoms with Crippen molar-refractivity contribution in [3.63, 3.8) is 0 Å². The lowest BCUT2D eigenvalue weighted by molar-refractivity contribution is -0.0660. The molecule has 0 saturated carbocycles. The lowest BCUT2D eigenvalue weighted by Gasteiger charge is -2.40. The number of fused-ring (bicyclic) bond motifs is 1. The van der Waals surface area contributed by atoms with Gasteiger partial charge in [0.1, 0.15) is 30.0 Å². The Morgan fingerprint density at radius 1 is 1.04 bits per heavy atom. The van der Waals surface area contributed by atoms with Crippen molar-refractivity contribution in [2.75, 3.05) is 69.4 Å². The number of carbonyl (C=O) groups is 1. The highest BCUT2D eigenvalue weighted by Crippen LogP contribution is 2.36. The molecule has 3 aromatic rings. The van der Waals surface area contributed by atoms with Crippen LogP contribution in [0.4, 0.5) is 20.6 Å². The van der Waals surface area contributed by atoms with Crippen molar-refractivity contribution in [2.24, 2.45) is 0 Å². The molecule has 10 nitrogen and oxygen atoms in total. The van der Waals surface area contributed by atoms with Gasteiger partial charge in [-0.1, -0.05) is 24.3 Å². The Bertz CT molecular complexity index is 1470. The number of rotatable bonds is 11. The molecule has 6 rings (SSSR count). The van der Waals surface area contributed by atoms with Crippen molar-refractivity contribution < 1.29 is 38.3 Å². The zero-order chi connectivity index (χ0) is 32.0. The third-order valence-electron chi connectivity index (χ3n) is 9.00. The highest BCUT2D eigenvalue weighted by molar-refractivity contribution is 5.65. The van der Waals surface area contributed by atoms with Crippen molar-refractivity contribution >= 4 is 17.5 Å². The number of hydrogen-bond acceptors (Lipinski definition) is 8. The molecule has 0 radical (unpaired) electrons. The van der Waals surface area contributed by atoms with Crippen molar-refractivity contribution in [3.8, 4) is 11.5 Å². The Morgan fingerprint density at radius 3 is 2.67 bits per heavy atom. The second-order valence-corrected chi connectivity index (χ2v) is 12.1. The summed E-state index contributed by atoms with van der Waals surface area (Å²) in [6.07, 6.45) is -0.902. The van der Waals surface area contributed by atoms with Gasteiger partial charge in [-0.15, -0.1) is 0 Å². The number of likely N-dealkylation sites (tertiary alicyclic amines) is 1. The van der Waals surface area contributed by atoms with Gasteiger partial charge in [-0.2, -0.15) is 0 Å². The molecule has 3 aliphatic heterocycles. The molecule has 1 amide bonds. The molecular weight excluding hydrogens is 593 g/mol. The van der Waals surface area contributed by atoms with E-state index in [0.29, 0.717) is 25.5 Å². The van der Waals surface area contributed by atoms with E-state index in [1.165, 1.54) is 17.0 Å². The van der Waals surface area contributed by atoms with Gasteiger partial charge in [0.15, 0.2) is 0 Å². The van der Waals surface area contributed by atoms with Crippen LogP contribution < -0.4 is 19.3 Å². The zero-order valence-electron chi connectivity index (χ0n) is 26.1. The summed E-state index contributed by atoms with van der Waals surface area (Å²) in [6.45, 7) is 4.79. The van der Waals surface area contributed by atoms with Gasteiger partial charge in [0.25, 0.3) is 0 Å². The zero-order valence-corrected chi connectivity index (χ0v) is 26.1. The second kappa shape index (κ2) is 14.6. The highest BCUT2D eigenvalue weighted by atomic mass is 19.1. The maximum atomic E-state index is 13.7. The quantitative estimate of drug-likeness (QED) is 0.289. The fourth-order valence-corrected chi connectivity index (χ4v) is 6.68. The first-order valence-corrected chi connectivity index (χ1v) is 15.9. The van der Waals surface area contributed by atoms with Crippen molar-refractivity contribution in [1.82, 2.24) is 4.90 Å². The van der Waals surface area contributed by atoms with Crippen molar-refractivity contribution in [3.05, 3.63) is 83.7 Å². The Kier molecular flexibility index (Phi) is 10.1. The fraction of sp³-hybridized carbons (Fsp3) is 0.457. The monoisotopic (exact) mass is 635 g/mol. The van der Waals surface area contributed by atoms with Crippen LogP contribution in [-0.2, 0) is 16.1 Å². The van der Waals surface area contributed by atoms with Crippen LogP contribution in [0, 0.1) is 5.82 Å². The van der Waals surface area contributed by atoms with Gasteiger partial charge in [0, 0.05) is 44.8 Å². The molecular formula is C35H42FN3O7. The normalized spacial score (nSPS) is 22.8. The van der Waals surface area contributed by atoms with Crippen LogP contribution in [0.2, 0.25) is 0 Å². The molecule has 2 N–H and O–H groups in total. The van der Waals surface area contributed by atoms with E-state index in [2.05, 4.69) is 15.9 Å². The largest absolute Gasteiger partial charge is 0.490 e. The average molecular weight is 636 g/mol. The van der Waals surface area contributed by atoms with Gasteiger partial charge in [0.2, 0.25) is 0 Å². The molecule has 3 heterocycles. The number of β-amino-alcohol motifs (C(OH)–C–C–N with tert-alkyl or cyclic N) is 1. The topological polar surface area (TPSA) is 104 Å². The number of hydrogen-bond donors (Lipinski definition) is 2. The molecule has 246 valence electrons. The minimum Gasteiger partial charge on any atom is -0.490 e. The molecule has 2 fully saturated rings. The van der Waals surface area contributed by atoms with Gasteiger partial charge >= 0.3 is 6.09 Å². The Hall–Kier alpha value is -4.06. The summed E-state index contributed by atoms with van der Waals surface area (Å²) in [5.74, 6) is 0.855. The fourth-order valence-electron chi connectivity index (χ4n) is 6.68. The summed E-state index contributed by atoms with van der Waals surface area (Å²) in [5, 5.41) is 20.9. The molecule has 2 saturated heterocycles. The lowest BCUT2D eigenvalue weighted by atomic mass is 9.84. The molecule has 11 heteroatoms. The summed E-state index contributed by atoms with van der Waals surface area (Å²) in [4.78, 5) is 17.5. The number of nitrogens with zero attached hydrogens (tertiary/aromatic N) is 3. The van der Waals surface area contributed by atoms with E-state index in [9.17, 15) is 19.4 Å². The Morgan fingerprint density at radius 2 is 1.89 bits per heavy atom. The molecule has 3 aromatic carbocycles. The van der Waals surface area contributed by atoms with Crippen molar-refractivity contribution in [1.29, 1.82) is 0 Å². The summed E-state index contributed by atoms with van der Waals surface area (Å²) < 4.78 is 37.5. The maximum Gasteiger partial charge on any atom is 0.407 e. The number of piperidine rings is 1. The van der Waals surface area contributed by atoms with Gasteiger partial charge in [0.05, 0.1) is 50.7 Å². The predicted octanol–water partition coefficient (Wildman–Crippen LogP) is 4.74. The first kappa shape index (κ1) is 31.9. The van der Waals surface area contributed by atoms with Gasteiger partial charge in [-0.25, -0.2) is 9.18 Å². The van der Waals surface area contributed by atoms with E-state index in [1.807, 2.05) is 42.5 Å². The first-order valence-electron chi connectivity index (χ1n) is 15.9. The Balaban J connectivity index is 1.12. The minimum atomic E-state index is -1.09. The standard InChI is InChI=1S/C35H42FN3O7/c1-43-16-3-13-37-15-17-44-32-11-6-24(18-30(32)37)23-45-33-22-39(35(41)42)21-31(40)34(33)25-7-9-28(10-8-25)46-29-12-14-38(20-29)27-5-2-4-26(36)19-27/h2,4-11,18-19,29,31,33-34,40H,3,12-17,20-23H2,1H3,(H,41,42)/t29?,31-,33+,34+/m1/s1. The minimum absolute atomic E-state index is 0.00270. The number of benzene rings is 3. The average Bonchev–Trinajstić information content (AvgIpc) is 3.53. The SMILES string of the molecule is COCCCN1CCOc2ccc(CO[C@H]3CN(C(=O)O)C[C@@H](O)[C@@H]3c3ccc(OC4CCN(c5cccc(F)c5)C4)cc3)cc21. The number of ether oxygens (including phenoxy) is 4. The summed E-state index contributed by atoms with van der Waals surface area (Å²) in [6, 6.07) is 20.2. The van der Waals surface area contributed by atoms with Crippen molar-refractivity contribution in [2.45, 2.75) is 43.7 Å². The van der Waals surface area contributed by atoms with E-state index in [1.54, 1.807) is 13.2 Å². The van der Waals surface area contributed by atoms with Crippen LogP contribution in [-0.4, -0.2) is 99.1 Å². The number of methoxy groups -OCH3 is 1. The lowest BCUT2D eigenvalue weighted by Crippen LogP contribution is -2.53. The van der Waals surface area contributed by atoms with E-state index in [-0.39, 0.29) is 31.6 Å². The number of amides is 1. The number of carboxylic acid groups (broad SMARTS) is 1. The highest BCUT2D eigenvalue weighted by Gasteiger charge is 2.39. The van der Waals surface area contributed by atoms with E-state index >= 15 is 0 Å².